The number of nitrogens with zero attached hydrogens (tertiary/aromatic N) is 2. The summed E-state index contributed by atoms with van der Waals surface area (Å²) >= 11 is 0. The highest BCUT2D eigenvalue weighted by Crippen LogP contribution is 2.30. The maximum Gasteiger partial charge on any atom is 0.123 e. The topological polar surface area (TPSA) is 45.6 Å². The summed E-state index contributed by atoms with van der Waals surface area (Å²) in [5.74, 6) is 0.898. The van der Waals surface area contributed by atoms with Gasteiger partial charge in [0.05, 0.1) is 0 Å². The van der Waals surface area contributed by atoms with Gasteiger partial charge in [0.25, 0.3) is 0 Å². The number of hydrogen-bond donors (Lipinski definition) is 1. The molecule has 1 aliphatic rings. The predicted octanol–water partition coefficient (Wildman–Crippen LogP) is 5.53. The summed E-state index contributed by atoms with van der Waals surface area (Å²) in [7, 11) is 0. The highest BCUT2D eigenvalue weighted by atomic mass is 16.5. The number of pyridine rings is 1. The molecule has 0 radical (unpaired) electrons. The van der Waals surface area contributed by atoms with Crippen LogP contribution in [0.4, 0.5) is 0 Å². The van der Waals surface area contributed by atoms with E-state index in [1.165, 1.54) is 22.3 Å². The second-order valence-electron chi connectivity index (χ2n) is 8.63. The molecular formula is C29H28N2O2. The fourth-order valence-corrected chi connectivity index (χ4v) is 4.45. The molecule has 0 spiro atoms. The smallest absolute Gasteiger partial charge is 0.123 e. The minimum Gasteiger partial charge on any atom is -0.492 e. The molecule has 0 unspecified atom stereocenters. The van der Waals surface area contributed by atoms with Gasteiger partial charge in [-0.15, -0.1) is 0 Å². The van der Waals surface area contributed by atoms with Crippen molar-refractivity contribution in [1.29, 1.82) is 0 Å². The monoisotopic (exact) mass is 436 g/mol. The molecule has 3 aromatic carbocycles. The summed E-state index contributed by atoms with van der Waals surface area (Å²) in [6.07, 6.45) is 2.72. The largest absolute Gasteiger partial charge is 0.492 e. The third kappa shape index (κ3) is 4.82. The van der Waals surface area contributed by atoms with Gasteiger partial charge in [-0.05, 0) is 52.9 Å². The summed E-state index contributed by atoms with van der Waals surface area (Å²) < 4.78 is 6.01. The predicted molar refractivity (Wildman–Crippen MR) is 131 cm³/mol. The number of benzene rings is 3. The summed E-state index contributed by atoms with van der Waals surface area (Å²) in [4.78, 5) is 6.53. The first kappa shape index (κ1) is 21.4. The molecule has 33 heavy (non-hydrogen) atoms. The number of aromatic nitrogens is 1. The molecule has 1 aliphatic heterocycles. The normalized spacial score (nSPS) is 14.7. The van der Waals surface area contributed by atoms with E-state index >= 15 is 0 Å². The molecule has 166 valence electrons. The van der Waals surface area contributed by atoms with E-state index < -0.39 is 6.10 Å². The van der Waals surface area contributed by atoms with E-state index in [1.54, 1.807) is 12.4 Å². The van der Waals surface area contributed by atoms with E-state index in [0.717, 1.165) is 42.1 Å². The first-order valence-electron chi connectivity index (χ1n) is 11.4. The third-order valence-electron chi connectivity index (χ3n) is 6.28. The van der Waals surface area contributed by atoms with Crippen molar-refractivity contribution >= 4 is 0 Å². The fourth-order valence-electron chi connectivity index (χ4n) is 4.45. The van der Waals surface area contributed by atoms with Crippen LogP contribution in [-0.4, -0.2) is 28.1 Å². The van der Waals surface area contributed by atoms with E-state index in [1.807, 2.05) is 24.3 Å². The van der Waals surface area contributed by atoms with Crippen LogP contribution < -0.4 is 4.74 Å². The second-order valence-corrected chi connectivity index (χ2v) is 8.63. The second kappa shape index (κ2) is 9.57. The molecule has 4 aromatic rings. The lowest BCUT2D eigenvalue weighted by Crippen LogP contribution is -2.25. The highest BCUT2D eigenvalue weighted by molar-refractivity contribution is 5.67. The number of aryl methyl sites for hydroxylation is 1. The van der Waals surface area contributed by atoms with Gasteiger partial charge in [-0.2, -0.15) is 0 Å². The van der Waals surface area contributed by atoms with Crippen LogP contribution in [0.15, 0.2) is 91.3 Å². The summed E-state index contributed by atoms with van der Waals surface area (Å²) in [5.41, 5.74) is 7.84. The lowest BCUT2D eigenvalue weighted by Gasteiger charge is -2.20. The van der Waals surface area contributed by atoms with Gasteiger partial charge in [0.15, 0.2) is 0 Å². The van der Waals surface area contributed by atoms with Crippen molar-refractivity contribution in [3.05, 3.63) is 119 Å². The van der Waals surface area contributed by atoms with E-state index in [9.17, 15) is 5.11 Å². The lowest BCUT2D eigenvalue weighted by molar-refractivity contribution is 0.218. The van der Waals surface area contributed by atoms with Gasteiger partial charge in [0.1, 0.15) is 18.5 Å². The number of aliphatic hydroxyl groups excluding tert-OH is 1. The van der Waals surface area contributed by atoms with Gasteiger partial charge in [0.2, 0.25) is 0 Å². The summed E-state index contributed by atoms with van der Waals surface area (Å²) in [5, 5.41) is 10.8. The molecule has 1 N–H and O–H groups in total. The van der Waals surface area contributed by atoms with Gasteiger partial charge >= 0.3 is 0 Å². The Morgan fingerprint density at radius 3 is 2.61 bits per heavy atom. The minimum atomic E-state index is -0.699. The van der Waals surface area contributed by atoms with Crippen LogP contribution in [-0.2, 0) is 13.1 Å². The Labute approximate surface area is 195 Å². The van der Waals surface area contributed by atoms with E-state index in [0.29, 0.717) is 6.61 Å². The Morgan fingerprint density at radius 2 is 1.82 bits per heavy atom. The van der Waals surface area contributed by atoms with Gasteiger partial charge in [-0.25, -0.2) is 0 Å². The molecule has 5 rings (SSSR count). The van der Waals surface area contributed by atoms with Crippen molar-refractivity contribution < 1.29 is 9.84 Å². The van der Waals surface area contributed by atoms with Crippen LogP contribution in [0, 0.1) is 6.92 Å². The molecule has 2 heterocycles. The zero-order chi connectivity index (χ0) is 22.6. The molecular weight excluding hydrogens is 408 g/mol. The summed E-state index contributed by atoms with van der Waals surface area (Å²) in [6, 6.07) is 27.1. The van der Waals surface area contributed by atoms with E-state index in [-0.39, 0.29) is 0 Å². The van der Waals surface area contributed by atoms with Crippen molar-refractivity contribution in [3.8, 4) is 16.9 Å². The zero-order valence-electron chi connectivity index (χ0n) is 18.8. The van der Waals surface area contributed by atoms with Crippen molar-refractivity contribution in [1.82, 2.24) is 9.88 Å². The Hall–Kier alpha value is -3.47. The van der Waals surface area contributed by atoms with Crippen LogP contribution in [0.2, 0.25) is 0 Å². The van der Waals surface area contributed by atoms with Gasteiger partial charge in [-0.1, -0.05) is 60.7 Å². The fraction of sp³-hybridized carbons (Fsp3) is 0.207. The number of ether oxygens (including phenoxy) is 1. The molecule has 0 saturated heterocycles. The number of fused-ring (bicyclic) bond motifs is 1. The van der Waals surface area contributed by atoms with Crippen molar-refractivity contribution in [2.24, 2.45) is 0 Å². The zero-order valence-corrected chi connectivity index (χ0v) is 18.8. The minimum absolute atomic E-state index is 0.652. The van der Waals surface area contributed by atoms with Crippen LogP contribution >= 0.6 is 0 Å². The number of hydrogen-bond acceptors (Lipinski definition) is 4. The molecule has 1 atom stereocenters. The van der Waals surface area contributed by atoms with Gasteiger partial charge < -0.3 is 9.84 Å². The number of aliphatic hydroxyl groups is 1. The Bertz CT molecular complexity index is 1220. The van der Waals surface area contributed by atoms with E-state index in [4.69, 9.17) is 4.74 Å². The van der Waals surface area contributed by atoms with Crippen molar-refractivity contribution in [2.45, 2.75) is 26.1 Å². The SMILES string of the molecule is Cc1ccccc1-c1ccc(CN2CCOc3ccc([C@@H](O)c4cccnc4)cc3C2)cc1. The molecule has 1 aromatic heterocycles. The standard InChI is InChI=1S/C29H28N2O2/c1-21-5-2-3-7-27(21)23-10-8-22(9-11-23)19-31-15-16-33-28-13-12-24(17-26(28)20-31)29(32)25-6-4-14-30-18-25/h2-14,17-18,29,32H,15-16,19-20H2,1H3/t29-/m1/s1. The quantitative estimate of drug-likeness (QED) is 0.447. The molecule has 0 bridgehead atoms. The Kier molecular flexibility index (Phi) is 6.20. The average molecular weight is 437 g/mol. The molecule has 0 aliphatic carbocycles. The lowest BCUT2D eigenvalue weighted by atomic mass is 9.99. The molecule has 0 saturated carbocycles. The van der Waals surface area contributed by atoms with Crippen molar-refractivity contribution in [3.63, 3.8) is 0 Å². The van der Waals surface area contributed by atoms with Crippen LogP contribution in [0.1, 0.15) is 33.9 Å². The van der Waals surface area contributed by atoms with Crippen molar-refractivity contribution in [2.75, 3.05) is 13.2 Å². The first-order chi connectivity index (χ1) is 16.2. The first-order valence-corrected chi connectivity index (χ1v) is 11.4. The van der Waals surface area contributed by atoms with Crippen LogP contribution in [0.3, 0.4) is 0 Å². The highest BCUT2D eigenvalue weighted by Gasteiger charge is 2.19. The van der Waals surface area contributed by atoms with Gasteiger partial charge in [0, 0.05) is 43.2 Å². The molecule has 4 heteroatoms. The molecule has 0 amide bonds. The molecule has 4 nitrogen and oxygen atoms in total. The third-order valence-corrected chi connectivity index (χ3v) is 6.28. The maximum atomic E-state index is 10.8. The summed E-state index contributed by atoms with van der Waals surface area (Å²) in [6.45, 7) is 5.29. The van der Waals surface area contributed by atoms with Gasteiger partial charge in [-0.3, -0.25) is 9.88 Å². The molecule has 0 fully saturated rings. The van der Waals surface area contributed by atoms with Crippen LogP contribution in [0.5, 0.6) is 5.75 Å². The Balaban J connectivity index is 1.32. The number of rotatable bonds is 5. The Morgan fingerprint density at radius 1 is 0.970 bits per heavy atom. The maximum absolute atomic E-state index is 10.8. The van der Waals surface area contributed by atoms with E-state index in [2.05, 4.69) is 71.4 Å². The average Bonchev–Trinajstić information content (AvgIpc) is 3.06. The van der Waals surface area contributed by atoms with Crippen LogP contribution in [0.25, 0.3) is 11.1 Å².